The Labute approximate surface area is 118 Å². The van der Waals surface area contributed by atoms with Crippen LogP contribution in [-0.4, -0.2) is 7.11 Å². The van der Waals surface area contributed by atoms with Crippen molar-refractivity contribution in [2.45, 2.75) is 6.42 Å². The van der Waals surface area contributed by atoms with Gasteiger partial charge in [0, 0.05) is 0 Å². The van der Waals surface area contributed by atoms with Crippen LogP contribution in [-0.2, 0) is 6.42 Å². The Morgan fingerprint density at radius 2 is 1.53 bits per heavy atom. The van der Waals surface area contributed by atoms with Gasteiger partial charge in [-0.05, 0) is 61.5 Å². The maximum Gasteiger partial charge on any atom is 0.147 e. The molecule has 0 saturated carbocycles. The van der Waals surface area contributed by atoms with E-state index in [4.69, 9.17) is 4.74 Å². The van der Waals surface area contributed by atoms with Gasteiger partial charge in [-0.1, -0.05) is 30.3 Å². The third-order valence-corrected chi connectivity index (χ3v) is 3.69. The number of methoxy groups -OCH3 is 1. The number of hydrogen-bond acceptors (Lipinski definition) is 1. The predicted octanol–water partition coefficient (Wildman–Crippen LogP) is 4.81. The zero-order valence-electron chi connectivity index (χ0n) is 9.41. The van der Waals surface area contributed by atoms with Crippen LogP contribution in [0.15, 0.2) is 51.4 Å². The summed E-state index contributed by atoms with van der Waals surface area (Å²) in [6, 6.07) is 14.6. The van der Waals surface area contributed by atoms with E-state index in [9.17, 15) is 0 Å². The van der Waals surface area contributed by atoms with Gasteiger partial charge in [-0.2, -0.15) is 0 Å². The standard InChI is InChI=1S/C14H12Br2O/c1-17-14-12(15)8-11(9-13(14)16)7-10-5-3-2-4-6-10/h2-6,8-9H,7H2,1H3. The lowest BCUT2D eigenvalue weighted by atomic mass is 10.1. The third kappa shape index (κ3) is 3.11. The van der Waals surface area contributed by atoms with Gasteiger partial charge in [0.2, 0.25) is 0 Å². The van der Waals surface area contributed by atoms with E-state index in [0.29, 0.717) is 0 Å². The van der Waals surface area contributed by atoms with E-state index >= 15 is 0 Å². The van der Waals surface area contributed by atoms with E-state index in [1.165, 1.54) is 11.1 Å². The highest BCUT2D eigenvalue weighted by molar-refractivity contribution is 9.11. The van der Waals surface area contributed by atoms with Crippen LogP contribution in [0.4, 0.5) is 0 Å². The van der Waals surface area contributed by atoms with E-state index in [-0.39, 0.29) is 0 Å². The molecule has 0 saturated heterocycles. The number of halogens is 2. The molecule has 0 fully saturated rings. The first-order valence-electron chi connectivity index (χ1n) is 5.26. The van der Waals surface area contributed by atoms with Crippen LogP contribution >= 0.6 is 31.9 Å². The summed E-state index contributed by atoms with van der Waals surface area (Å²) in [5.74, 6) is 0.835. The molecule has 0 bridgehead atoms. The van der Waals surface area contributed by atoms with Gasteiger partial charge in [-0.25, -0.2) is 0 Å². The minimum atomic E-state index is 0.835. The highest BCUT2D eigenvalue weighted by Crippen LogP contribution is 2.34. The molecule has 3 heteroatoms. The fourth-order valence-electron chi connectivity index (χ4n) is 1.74. The van der Waals surface area contributed by atoms with Gasteiger partial charge in [-0.15, -0.1) is 0 Å². The zero-order valence-corrected chi connectivity index (χ0v) is 12.6. The van der Waals surface area contributed by atoms with E-state index in [2.05, 4.69) is 68.3 Å². The topological polar surface area (TPSA) is 9.23 Å². The van der Waals surface area contributed by atoms with E-state index in [0.717, 1.165) is 21.1 Å². The summed E-state index contributed by atoms with van der Waals surface area (Å²) < 4.78 is 7.23. The summed E-state index contributed by atoms with van der Waals surface area (Å²) in [5, 5.41) is 0. The largest absolute Gasteiger partial charge is 0.494 e. The Balaban J connectivity index is 2.29. The lowest BCUT2D eigenvalue weighted by Crippen LogP contribution is -1.92. The van der Waals surface area contributed by atoms with Crippen molar-refractivity contribution in [1.82, 2.24) is 0 Å². The zero-order chi connectivity index (χ0) is 12.3. The van der Waals surface area contributed by atoms with Gasteiger partial charge >= 0.3 is 0 Å². The fraction of sp³-hybridized carbons (Fsp3) is 0.143. The highest BCUT2D eigenvalue weighted by Gasteiger charge is 2.07. The summed E-state index contributed by atoms with van der Waals surface area (Å²) in [6.07, 6.45) is 0.919. The molecule has 0 amide bonds. The number of rotatable bonds is 3. The van der Waals surface area contributed by atoms with Crippen LogP contribution in [0, 0.1) is 0 Å². The molecule has 0 unspecified atom stereocenters. The lowest BCUT2D eigenvalue weighted by molar-refractivity contribution is 0.409. The molecule has 0 aliphatic heterocycles. The second-order valence-corrected chi connectivity index (χ2v) is 5.46. The Kier molecular flexibility index (Phi) is 4.24. The molecule has 88 valence electrons. The molecule has 0 aliphatic carbocycles. The van der Waals surface area contributed by atoms with Crippen molar-refractivity contribution >= 4 is 31.9 Å². The van der Waals surface area contributed by atoms with Crippen molar-refractivity contribution in [3.63, 3.8) is 0 Å². The Morgan fingerprint density at radius 1 is 0.941 bits per heavy atom. The Morgan fingerprint density at radius 3 is 2.06 bits per heavy atom. The van der Waals surface area contributed by atoms with E-state index < -0.39 is 0 Å². The summed E-state index contributed by atoms with van der Waals surface area (Å²) >= 11 is 7.03. The molecule has 2 rings (SSSR count). The van der Waals surface area contributed by atoms with Crippen LogP contribution in [0.25, 0.3) is 0 Å². The maximum atomic E-state index is 5.29. The normalized spacial score (nSPS) is 10.3. The first kappa shape index (κ1) is 12.7. The van der Waals surface area contributed by atoms with Crippen molar-refractivity contribution < 1.29 is 4.74 Å². The molecule has 0 heterocycles. The molecule has 17 heavy (non-hydrogen) atoms. The van der Waals surface area contributed by atoms with Crippen LogP contribution in [0.2, 0.25) is 0 Å². The fourth-order valence-corrected chi connectivity index (χ4v) is 3.35. The van der Waals surface area contributed by atoms with Crippen LogP contribution in [0.5, 0.6) is 5.75 Å². The summed E-state index contributed by atoms with van der Waals surface area (Å²) in [6.45, 7) is 0. The molecule has 0 N–H and O–H groups in total. The van der Waals surface area contributed by atoms with Crippen LogP contribution < -0.4 is 4.74 Å². The van der Waals surface area contributed by atoms with E-state index in [1.807, 2.05) is 6.07 Å². The number of hydrogen-bond donors (Lipinski definition) is 0. The van der Waals surface area contributed by atoms with Crippen molar-refractivity contribution in [2.75, 3.05) is 7.11 Å². The van der Waals surface area contributed by atoms with Crippen LogP contribution in [0.3, 0.4) is 0 Å². The summed E-state index contributed by atoms with van der Waals surface area (Å²) in [4.78, 5) is 0. The van der Waals surface area contributed by atoms with Gasteiger partial charge < -0.3 is 4.74 Å². The van der Waals surface area contributed by atoms with Gasteiger partial charge in [0.05, 0.1) is 16.1 Å². The Hall–Kier alpha value is -0.800. The molecule has 2 aromatic carbocycles. The molecule has 0 aliphatic rings. The Bertz CT molecular complexity index is 486. The first-order valence-corrected chi connectivity index (χ1v) is 6.85. The molecular formula is C14H12Br2O. The van der Waals surface area contributed by atoms with Gasteiger partial charge in [0.1, 0.15) is 5.75 Å². The lowest BCUT2D eigenvalue weighted by Gasteiger charge is -2.09. The van der Waals surface area contributed by atoms with Gasteiger partial charge in [-0.3, -0.25) is 0 Å². The van der Waals surface area contributed by atoms with Gasteiger partial charge in [0.15, 0.2) is 0 Å². The molecule has 0 atom stereocenters. The molecule has 1 nitrogen and oxygen atoms in total. The quantitative estimate of drug-likeness (QED) is 0.767. The molecule has 0 aromatic heterocycles. The molecule has 0 spiro atoms. The highest BCUT2D eigenvalue weighted by atomic mass is 79.9. The second-order valence-electron chi connectivity index (χ2n) is 3.76. The van der Waals surface area contributed by atoms with Crippen molar-refractivity contribution in [1.29, 1.82) is 0 Å². The smallest absolute Gasteiger partial charge is 0.147 e. The van der Waals surface area contributed by atoms with Crippen LogP contribution in [0.1, 0.15) is 11.1 Å². The summed E-state index contributed by atoms with van der Waals surface area (Å²) in [7, 11) is 1.67. The maximum absolute atomic E-state index is 5.29. The molecule has 2 aromatic rings. The average Bonchev–Trinajstić information content (AvgIpc) is 2.30. The van der Waals surface area contributed by atoms with Crippen molar-refractivity contribution in [3.05, 3.63) is 62.5 Å². The minimum Gasteiger partial charge on any atom is -0.494 e. The first-order chi connectivity index (χ1) is 8.20. The summed E-state index contributed by atoms with van der Waals surface area (Å²) in [5.41, 5.74) is 2.55. The SMILES string of the molecule is COc1c(Br)cc(Cc2ccccc2)cc1Br. The number of benzene rings is 2. The van der Waals surface area contributed by atoms with Gasteiger partial charge in [0.25, 0.3) is 0 Å². The van der Waals surface area contributed by atoms with E-state index in [1.54, 1.807) is 7.11 Å². The molecular weight excluding hydrogens is 344 g/mol. The third-order valence-electron chi connectivity index (χ3n) is 2.51. The second kappa shape index (κ2) is 5.69. The average molecular weight is 356 g/mol. The monoisotopic (exact) mass is 354 g/mol. The predicted molar refractivity (Wildman–Crippen MR) is 77.6 cm³/mol. The minimum absolute atomic E-state index is 0.835. The number of ether oxygens (including phenoxy) is 1. The van der Waals surface area contributed by atoms with Crippen molar-refractivity contribution in [3.8, 4) is 5.75 Å². The molecule has 0 radical (unpaired) electrons. The van der Waals surface area contributed by atoms with Crippen molar-refractivity contribution in [2.24, 2.45) is 0 Å².